The quantitative estimate of drug-likeness (QED) is 0.338. The lowest BCUT2D eigenvalue weighted by molar-refractivity contribution is 0.303. The lowest BCUT2D eigenvalue weighted by atomic mass is 10.1. The normalized spacial score (nSPS) is 11.2. The third kappa shape index (κ3) is 5.83. The topological polar surface area (TPSA) is 122 Å². The summed E-state index contributed by atoms with van der Waals surface area (Å²) in [4.78, 5) is 8.17. The Hall–Kier alpha value is -3.99. The van der Waals surface area contributed by atoms with E-state index in [0.29, 0.717) is 28.8 Å². The number of nitrogens with one attached hydrogen (secondary N) is 3. The van der Waals surface area contributed by atoms with Gasteiger partial charge in [-0.25, -0.2) is 17.8 Å². The van der Waals surface area contributed by atoms with E-state index < -0.39 is 15.8 Å². The lowest BCUT2D eigenvalue weighted by Crippen LogP contribution is -2.15. The molecule has 0 unspecified atom stereocenters. The van der Waals surface area contributed by atoms with Gasteiger partial charge in [0.25, 0.3) is 0 Å². The Labute approximate surface area is 190 Å². The number of aromatic amines is 1. The van der Waals surface area contributed by atoms with Crippen LogP contribution in [-0.4, -0.2) is 34.3 Å². The summed E-state index contributed by atoms with van der Waals surface area (Å²) in [6.07, 6.45) is 2.77. The molecule has 11 heteroatoms. The molecule has 0 saturated heterocycles. The van der Waals surface area contributed by atoms with E-state index in [2.05, 4.69) is 30.2 Å². The summed E-state index contributed by atoms with van der Waals surface area (Å²) < 4.78 is 45.7. The first kappa shape index (κ1) is 22.2. The molecule has 0 radical (unpaired) electrons. The number of ether oxygens (including phenoxy) is 1. The zero-order valence-corrected chi connectivity index (χ0v) is 18.4. The van der Waals surface area contributed by atoms with Crippen LogP contribution in [0.2, 0.25) is 0 Å². The van der Waals surface area contributed by atoms with E-state index in [1.54, 1.807) is 37.4 Å². The highest BCUT2D eigenvalue weighted by atomic mass is 32.2. The van der Waals surface area contributed by atoms with Crippen LogP contribution < -0.4 is 14.8 Å². The molecule has 0 atom stereocenters. The van der Waals surface area contributed by atoms with Gasteiger partial charge in [-0.1, -0.05) is 12.1 Å². The number of halogens is 1. The molecular formula is C22H21FN6O3S. The van der Waals surface area contributed by atoms with Gasteiger partial charge >= 0.3 is 0 Å². The van der Waals surface area contributed by atoms with Crippen molar-refractivity contribution < 1.29 is 17.5 Å². The molecule has 0 spiro atoms. The van der Waals surface area contributed by atoms with Gasteiger partial charge in [0.05, 0.1) is 29.0 Å². The van der Waals surface area contributed by atoms with Gasteiger partial charge in [-0.05, 0) is 43.3 Å². The molecule has 170 valence electrons. The average Bonchev–Trinajstić information content (AvgIpc) is 3.28. The molecule has 4 aromatic rings. The Bertz CT molecular complexity index is 1330. The Balaban J connectivity index is 1.59. The van der Waals surface area contributed by atoms with Crippen molar-refractivity contribution in [2.45, 2.75) is 13.5 Å². The third-order valence-corrected chi connectivity index (χ3v) is 5.89. The van der Waals surface area contributed by atoms with Crippen LogP contribution in [0.1, 0.15) is 12.6 Å². The molecule has 0 fully saturated rings. The highest BCUT2D eigenvalue weighted by Crippen LogP contribution is 2.32. The van der Waals surface area contributed by atoms with Gasteiger partial charge in [-0.2, -0.15) is 5.10 Å². The minimum atomic E-state index is -3.52. The summed E-state index contributed by atoms with van der Waals surface area (Å²) >= 11 is 0. The number of anilines is 3. The molecule has 1 aromatic carbocycles. The minimum absolute atomic E-state index is 0.0278. The summed E-state index contributed by atoms with van der Waals surface area (Å²) in [5.41, 5.74) is 2.18. The number of hydrogen-bond acceptors (Lipinski definition) is 7. The Morgan fingerprint density at radius 3 is 2.67 bits per heavy atom. The van der Waals surface area contributed by atoms with Gasteiger partial charge in [0.15, 0.2) is 5.82 Å². The zero-order valence-electron chi connectivity index (χ0n) is 17.6. The first-order chi connectivity index (χ1) is 15.9. The van der Waals surface area contributed by atoms with Crippen LogP contribution in [-0.2, 0) is 16.6 Å². The molecule has 9 nitrogen and oxygen atoms in total. The smallest absolute Gasteiger partial charge is 0.232 e. The number of hydrogen-bond donors (Lipinski definition) is 3. The van der Waals surface area contributed by atoms with Crippen molar-refractivity contribution in [3.63, 3.8) is 0 Å². The molecule has 3 N–H and O–H groups in total. The molecule has 0 aliphatic carbocycles. The number of sulfonamides is 1. The first-order valence-electron chi connectivity index (χ1n) is 10.0. The average molecular weight is 469 g/mol. The van der Waals surface area contributed by atoms with E-state index in [-0.39, 0.29) is 18.0 Å². The predicted octanol–water partition coefficient (Wildman–Crippen LogP) is 4.09. The fraction of sp³-hybridized carbons (Fsp3) is 0.136. The van der Waals surface area contributed by atoms with Crippen LogP contribution in [0, 0.1) is 5.82 Å². The van der Waals surface area contributed by atoms with Crippen molar-refractivity contribution >= 4 is 27.3 Å². The summed E-state index contributed by atoms with van der Waals surface area (Å²) in [6, 6.07) is 15.1. The lowest BCUT2D eigenvalue weighted by Gasteiger charge is -2.14. The Kier molecular flexibility index (Phi) is 6.50. The van der Waals surface area contributed by atoms with Crippen LogP contribution in [0.25, 0.3) is 11.3 Å². The fourth-order valence-corrected chi connectivity index (χ4v) is 3.53. The van der Waals surface area contributed by atoms with Crippen LogP contribution in [0.4, 0.5) is 21.7 Å². The van der Waals surface area contributed by atoms with Gasteiger partial charge in [-0.15, -0.1) is 0 Å². The number of benzene rings is 1. The molecule has 33 heavy (non-hydrogen) atoms. The Morgan fingerprint density at radius 1 is 1.06 bits per heavy atom. The van der Waals surface area contributed by atoms with Gasteiger partial charge < -0.3 is 10.1 Å². The monoisotopic (exact) mass is 468 g/mol. The number of aromatic nitrogens is 4. The maximum absolute atomic E-state index is 13.1. The number of H-pyrrole nitrogens is 1. The molecule has 0 bridgehead atoms. The maximum atomic E-state index is 13.1. The molecule has 3 aromatic heterocycles. The summed E-state index contributed by atoms with van der Waals surface area (Å²) in [5, 5.41) is 10.3. The SMILES string of the molecule is CCS(=O)(=O)Nc1ccc(-c2cc(Nc3ccccn3)n[nH]2)cc1OCc1ccc(F)cn1. The van der Waals surface area contributed by atoms with Gasteiger partial charge in [0.2, 0.25) is 10.0 Å². The third-order valence-electron chi connectivity index (χ3n) is 4.60. The van der Waals surface area contributed by atoms with E-state index in [4.69, 9.17) is 4.74 Å². The van der Waals surface area contributed by atoms with Crippen molar-refractivity contribution in [3.05, 3.63) is 78.5 Å². The van der Waals surface area contributed by atoms with E-state index in [9.17, 15) is 12.8 Å². The van der Waals surface area contributed by atoms with Crippen molar-refractivity contribution in [3.8, 4) is 17.0 Å². The predicted molar refractivity (Wildman–Crippen MR) is 123 cm³/mol. The molecule has 0 aliphatic rings. The highest BCUT2D eigenvalue weighted by Gasteiger charge is 2.14. The molecule has 4 rings (SSSR count). The first-order valence-corrected chi connectivity index (χ1v) is 11.7. The van der Waals surface area contributed by atoms with Crippen LogP contribution in [0.15, 0.2) is 67.0 Å². The number of pyridine rings is 2. The maximum Gasteiger partial charge on any atom is 0.232 e. The fourth-order valence-electron chi connectivity index (χ4n) is 2.88. The Morgan fingerprint density at radius 2 is 1.94 bits per heavy atom. The molecule has 3 heterocycles. The standard InChI is InChI=1S/C22H21FN6O3S/c1-2-33(30,31)29-18-9-6-15(11-20(18)32-14-17-8-7-16(23)13-25-17)19-12-22(28-27-19)26-21-5-3-4-10-24-21/h3-13,29H,2,14H2,1H3,(H2,24,26,27,28). The summed E-state index contributed by atoms with van der Waals surface area (Å²) in [6.45, 7) is 1.57. The summed E-state index contributed by atoms with van der Waals surface area (Å²) in [5.74, 6) is 0.973. The second-order valence-electron chi connectivity index (χ2n) is 6.98. The van der Waals surface area contributed by atoms with Crippen molar-refractivity contribution in [1.29, 1.82) is 0 Å². The van der Waals surface area contributed by atoms with Crippen LogP contribution in [0.5, 0.6) is 5.75 Å². The second kappa shape index (κ2) is 9.65. The van der Waals surface area contributed by atoms with Gasteiger partial charge in [0.1, 0.15) is 24.0 Å². The van der Waals surface area contributed by atoms with Crippen molar-refractivity contribution in [2.24, 2.45) is 0 Å². The van der Waals surface area contributed by atoms with Crippen LogP contribution in [0.3, 0.4) is 0 Å². The zero-order chi connectivity index (χ0) is 23.3. The van der Waals surface area contributed by atoms with E-state index in [0.717, 1.165) is 11.8 Å². The van der Waals surface area contributed by atoms with E-state index in [1.165, 1.54) is 12.1 Å². The molecular weight excluding hydrogens is 447 g/mol. The van der Waals surface area contributed by atoms with Gasteiger partial charge in [-0.3, -0.25) is 14.8 Å². The second-order valence-corrected chi connectivity index (χ2v) is 8.99. The summed E-state index contributed by atoms with van der Waals surface area (Å²) in [7, 11) is -3.52. The van der Waals surface area contributed by atoms with Gasteiger partial charge in [0, 0.05) is 17.8 Å². The van der Waals surface area contributed by atoms with Crippen molar-refractivity contribution in [2.75, 3.05) is 15.8 Å². The minimum Gasteiger partial charge on any atom is -0.485 e. The number of rotatable bonds is 9. The molecule has 0 aliphatic heterocycles. The largest absolute Gasteiger partial charge is 0.485 e. The van der Waals surface area contributed by atoms with E-state index >= 15 is 0 Å². The highest BCUT2D eigenvalue weighted by molar-refractivity contribution is 7.92. The van der Waals surface area contributed by atoms with E-state index in [1.807, 2.05) is 18.2 Å². The molecule has 0 amide bonds. The molecule has 0 saturated carbocycles. The number of nitrogens with zero attached hydrogens (tertiary/aromatic N) is 3. The van der Waals surface area contributed by atoms with Crippen molar-refractivity contribution in [1.82, 2.24) is 20.2 Å². The van der Waals surface area contributed by atoms with Crippen LogP contribution >= 0.6 is 0 Å².